The highest BCUT2D eigenvalue weighted by molar-refractivity contribution is 7.73. The van der Waals surface area contributed by atoms with Crippen molar-refractivity contribution in [2.24, 2.45) is 0 Å². The molecule has 1 heterocycles. The Kier molecular flexibility index (Phi) is 8.84. The zero-order chi connectivity index (χ0) is 26.5. The lowest BCUT2D eigenvalue weighted by atomic mass is 10.2. The van der Waals surface area contributed by atoms with Crippen LogP contribution in [-0.4, -0.2) is 23.4 Å². The molecule has 36 heavy (non-hydrogen) atoms. The number of hydrogen-bond donors (Lipinski definition) is 2. The van der Waals surface area contributed by atoms with E-state index in [1.165, 1.54) is 48.5 Å². The maximum atomic E-state index is 13.8. The van der Waals surface area contributed by atoms with Crippen molar-refractivity contribution in [3.63, 3.8) is 0 Å². The number of halogens is 5. The van der Waals surface area contributed by atoms with Crippen molar-refractivity contribution in [3.8, 4) is 5.69 Å². The molecule has 0 saturated carbocycles. The van der Waals surface area contributed by atoms with Crippen LogP contribution in [0.25, 0.3) is 16.7 Å². The minimum Gasteiger partial charge on any atom is -0.750 e. The highest BCUT2D eigenvalue weighted by atomic mass is 32.2. The maximum Gasteiger partial charge on any atom is 0.450 e. The summed E-state index contributed by atoms with van der Waals surface area (Å²) in [6.45, 7) is -0.305. The van der Waals surface area contributed by atoms with Crippen LogP contribution >= 0.6 is 0 Å². The van der Waals surface area contributed by atoms with Crippen molar-refractivity contribution in [1.29, 1.82) is 0 Å². The van der Waals surface area contributed by atoms with Gasteiger partial charge >= 0.3 is 6.18 Å². The molecule has 0 aliphatic carbocycles. The van der Waals surface area contributed by atoms with Gasteiger partial charge in [-0.3, -0.25) is 4.57 Å². The van der Waals surface area contributed by atoms with Gasteiger partial charge in [-0.1, -0.05) is 12.1 Å². The van der Waals surface area contributed by atoms with Gasteiger partial charge in [0.15, 0.2) is 0 Å². The number of aromatic nitrogens is 2. The summed E-state index contributed by atoms with van der Waals surface area (Å²) in [6, 6.07) is 14.1. The first-order chi connectivity index (χ1) is 17.0. The summed E-state index contributed by atoms with van der Waals surface area (Å²) < 4.78 is 89.4. The second-order valence-corrected chi connectivity index (χ2v) is 7.77. The van der Waals surface area contributed by atoms with Crippen LogP contribution in [0.15, 0.2) is 60.7 Å². The molecule has 0 saturated heterocycles. The van der Waals surface area contributed by atoms with E-state index in [2.05, 4.69) is 9.32 Å². The molecule has 0 fully saturated rings. The number of quaternary nitrogens is 1. The third-order valence-electron chi connectivity index (χ3n) is 4.97. The first kappa shape index (κ1) is 27.3. The molecular weight excluding hydrogens is 513 g/mol. The Morgan fingerprint density at radius 2 is 1.67 bits per heavy atom. The Balaban J connectivity index is 0.000000658. The molecular formula is C22H17F5N3O5S-. The number of hydrogen-bond acceptors (Lipinski definition) is 6. The van der Waals surface area contributed by atoms with E-state index in [-0.39, 0.29) is 35.4 Å². The average molecular weight is 530 g/mol. The normalized spacial score (nSPS) is 12.3. The standard InChI is InChI=1S/C22H16F5N3O.H2O4S/c23-17-2-1-3-18(24)16(17)11-28-14-5-7-15(8-6-14)30-20-9-4-13(12-31)10-19(20)29-21(30)22(25,26)27;1-4-5(2)3/h1-10,28,31H,11-12H2;1H,(H,2,3)/p-1. The van der Waals surface area contributed by atoms with E-state index in [1.54, 1.807) is 17.4 Å². The molecule has 4 aromatic rings. The topological polar surface area (TPSA) is 127 Å². The van der Waals surface area contributed by atoms with E-state index in [4.69, 9.17) is 14.0 Å². The zero-order valence-corrected chi connectivity index (χ0v) is 18.9. The molecule has 0 aliphatic rings. The van der Waals surface area contributed by atoms with Crippen LogP contribution in [0.4, 0.5) is 27.6 Å². The second-order valence-electron chi connectivity index (χ2n) is 7.22. The molecule has 3 aromatic carbocycles. The monoisotopic (exact) mass is 530 g/mol. The number of aliphatic hydroxyl groups is 1. The number of imidazole rings is 1. The van der Waals surface area contributed by atoms with Gasteiger partial charge in [0.2, 0.25) is 5.82 Å². The zero-order valence-electron chi connectivity index (χ0n) is 18.0. The van der Waals surface area contributed by atoms with E-state index >= 15 is 0 Å². The lowest BCUT2D eigenvalue weighted by Gasteiger charge is -2.12. The van der Waals surface area contributed by atoms with Crippen molar-refractivity contribution in [2.75, 3.05) is 0 Å². The molecule has 8 nitrogen and oxygen atoms in total. The molecule has 14 heteroatoms. The fraction of sp³-hybridized carbons (Fsp3) is 0.136. The molecule has 1 atom stereocenters. The molecule has 3 N–H and O–H groups in total. The van der Waals surface area contributed by atoms with Gasteiger partial charge in [0.25, 0.3) is 0 Å². The molecule has 1 unspecified atom stereocenters. The van der Waals surface area contributed by atoms with Gasteiger partial charge in [-0.2, -0.15) is 13.2 Å². The lowest BCUT2D eigenvalue weighted by Crippen LogP contribution is -2.76. The number of aliphatic hydroxyl groups excluding tert-OH is 1. The minimum absolute atomic E-state index is 0.00357. The summed E-state index contributed by atoms with van der Waals surface area (Å²) in [5.74, 6) is -2.40. The summed E-state index contributed by atoms with van der Waals surface area (Å²) in [6.07, 6.45) is -4.69. The van der Waals surface area contributed by atoms with Crippen molar-refractivity contribution < 1.29 is 50.7 Å². The third-order valence-corrected chi connectivity index (χ3v) is 5.08. The summed E-state index contributed by atoms with van der Waals surface area (Å²) in [5.41, 5.74) is 1.58. The predicted octanol–water partition coefficient (Wildman–Crippen LogP) is 2.28. The smallest absolute Gasteiger partial charge is 0.450 e. The SMILES string of the molecule is O=S([O-])O[O-].OCc1ccc2c(c1)nc(C(F)(F)F)n2-c1ccc([NH2+]Cc2c(F)cccc2F)cc1. The first-order valence-electron chi connectivity index (χ1n) is 10.0. The number of benzene rings is 3. The maximum absolute atomic E-state index is 13.8. The number of nitrogens with two attached hydrogens (primary N) is 1. The van der Waals surface area contributed by atoms with E-state index < -0.39 is 35.0 Å². The van der Waals surface area contributed by atoms with Gasteiger partial charge in [0.1, 0.15) is 23.9 Å². The summed E-state index contributed by atoms with van der Waals surface area (Å²) >= 11 is -2.88. The van der Waals surface area contributed by atoms with Crippen LogP contribution in [0.3, 0.4) is 0 Å². The quantitative estimate of drug-likeness (QED) is 0.130. The van der Waals surface area contributed by atoms with Crippen LogP contribution in [0.1, 0.15) is 17.0 Å². The first-order valence-corrected chi connectivity index (χ1v) is 11.0. The third kappa shape index (κ3) is 6.48. The molecule has 0 aliphatic heterocycles. The van der Waals surface area contributed by atoms with Crippen LogP contribution in [0, 0.1) is 11.6 Å². The van der Waals surface area contributed by atoms with E-state index in [9.17, 15) is 27.1 Å². The van der Waals surface area contributed by atoms with Crippen molar-refractivity contribution >= 4 is 28.1 Å². The van der Waals surface area contributed by atoms with Crippen molar-refractivity contribution in [1.82, 2.24) is 9.55 Å². The fourth-order valence-electron chi connectivity index (χ4n) is 3.38. The lowest BCUT2D eigenvalue weighted by molar-refractivity contribution is -0.635. The largest absolute Gasteiger partial charge is 0.750 e. The van der Waals surface area contributed by atoms with Crippen LogP contribution in [0.2, 0.25) is 0 Å². The Morgan fingerprint density at radius 1 is 1.06 bits per heavy atom. The van der Waals surface area contributed by atoms with Crippen LogP contribution in [-0.2, 0) is 35.0 Å². The molecule has 0 amide bonds. The molecule has 0 radical (unpaired) electrons. The summed E-state index contributed by atoms with van der Waals surface area (Å²) in [5, 5.41) is 19.4. The average Bonchev–Trinajstić information content (AvgIpc) is 3.24. The summed E-state index contributed by atoms with van der Waals surface area (Å²) in [4.78, 5) is 3.72. The molecule has 192 valence electrons. The highest BCUT2D eigenvalue weighted by Crippen LogP contribution is 2.34. The Labute approximate surface area is 203 Å². The van der Waals surface area contributed by atoms with Gasteiger partial charge in [0.05, 0.1) is 34.6 Å². The molecule has 0 spiro atoms. The van der Waals surface area contributed by atoms with Crippen LogP contribution < -0.4 is 10.6 Å². The van der Waals surface area contributed by atoms with E-state index in [0.717, 1.165) is 4.57 Å². The number of nitrogens with zero attached hydrogens (tertiary/aromatic N) is 2. The Morgan fingerprint density at radius 3 is 2.19 bits per heavy atom. The molecule has 1 aromatic heterocycles. The molecule has 4 rings (SSSR count). The predicted molar refractivity (Wildman–Crippen MR) is 114 cm³/mol. The van der Waals surface area contributed by atoms with E-state index in [1.807, 2.05) is 0 Å². The number of alkyl halides is 3. The fourth-order valence-corrected chi connectivity index (χ4v) is 3.38. The minimum atomic E-state index is -4.69. The van der Waals surface area contributed by atoms with Crippen molar-refractivity contribution in [3.05, 3.63) is 89.2 Å². The van der Waals surface area contributed by atoms with Crippen LogP contribution in [0.5, 0.6) is 0 Å². The highest BCUT2D eigenvalue weighted by Gasteiger charge is 2.38. The number of rotatable bonds is 6. The van der Waals surface area contributed by atoms with Gasteiger partial charge in [0, 0.05) is 17.8 Å². The second kappa shape index (κ2) is 11.6. The van der Waals surface area contributed by atoms with Crippen molar-refractivity contribution in [2.45, 2.75) is 19.3 Å². The van der Waals surface area contributed by atoms with Gasteiger partial charge in [-0.05, 0) is 42.0 Å². The number of fused-ring (bicyclic) bond motifs is 1. The van der Waals surface area contributed by atoms with Gasteiger partial charge in [-0.25, -0.2) is 18.0 Å². The summed E-state index contributed by atoms with van der Waals surface area (Å²) in [7, 11) is 0. The Bertz CT molecular complexity index is 1340. The molecule has 0 bridgehead atoms. The van der Waals surface area contributed by atoms with Gasteiger partial charge in [-0.15, -0.1) is 0 Å². The van der Waals surface area contributed by atoms with Gasteiger partial charge < -0.3 is 24.6 Å². The Hall–Kier alpha value is -3.27. The van der Waals surface area contributed by atoms with E-state index in [0.29, 0.717) is 11.3 Å².